The highest BCUT2D eigenvalue weighted by Gasteiger charge is 2.06. The normalized spacial score (nSPS) is 10.1. The summed E-state index contributed by atoms with van der Waals surface area (Å²) in [5, 5.41) is 5.66. The predicted molar refractivity (Wildman–Crippen MR) is 90.9 cm³/mol. The molecule has 5 nitrogen and oxygen atoms in total. The standard InChI is InChI=1S/C17H16ClFN2O3/c1-24-17(23)11-2-4-12(5-3-11)20-9-8-16(22)21-13-6-7-15(19)14(18)10-13/h2-7,10,20H,8-9H2,1H3,(H,21,22). The molecule has 0 saturated heterocycles. The van der Waals surface area contributed by atoms with Crippen LogP contribution < -0.4 is 10.6 Å². The summed E-state index contributed by atoms with van der Waals surface area (Å²) in [6, 6.07) is 10.7. The quantitative estimate of drug-likeness (QED) is 0.779. The van der Waals surface area contributed by atoms with Gasteiger partial charge in [0.05, 0.1) is 17.7 Å². The highest BCUT2D eigenvalue weighted by molar-refractivity contribution is 6.31. The van der Waals surface area contributed by atoms with Gasteiger partial charge in [0.1, 0.15) is 5.82 Å². The zero-order valence-electron chi connectivity index (χ0n) is 12.9. The van der Waals surface area contributed by atoms with Crippen molar-refractivity contribution < 1.29 is 18.7 Å². The van der Waals surface area contributed by atoms with E-state index in [2.05, 4.69) is 15.4 Å². The Hall–Kier alpha value is -2.60. The lowest BCUT2D eigenvalue weighted by atomic mass is 10.2. The molecular weight excluding hydrogens is 335 g/mol. The fourth-order valence-corrected chi connectivity index (χ4v) is 2.14. The number of methoxy groups -OCH3 is 1. The van der Waals surface area contributed by atoms with E-state index in [1.54, 1.807) is 24.3 Å². The highest BCUT2D eigenvalue weighted by Crippen LogP contribution is 2.19. The van der Waals surface area contributed by atoms with Crippen molar-refractivity contribution in [2.24, 2.45) is 0 Å². The zero-order valence-corrected chi connectivity index (χ0v) is 13.7. The van der Waals surface area contributed by atoms with Gasteiger partial charge in [-0.1, -0.05) is 11.6 Å². The van der Waals surface area contributed by atoms with Crippen molar-refractivity contribution in [1.82, 2.24) is 0 Å². The van der Waals surface area contributed by atoms with Crippen LogP contribution in [-0.4, -0.2) is 25.5 Å². The number of hydrogen-bond donors (Lipinski definition) is 2. The maximum Gasteiger partial charge on any atom is 0.337 e. The van der Waals surface area contributed by atoms with Gasteiger partial charge in [0.2, 0.25) is 5.91 Å². The molecule has 0 saturated carbocycles. The van der Waals surface area contributed by atoms with Gasteiger partial charge in [0.15, 0.2) is 0 Å². The SMILES string of the molecule is COC(=O)c1ccc(NCCC(=O)Nc2ccc(F)c(Cl)c2)cc1. The summed E-state index contributed by atoms with van der Waals surface area (Å²) in [5.74, 6) is -1.16. The first-order chi connectivity index (χ1) is 11.5. The zero-order chi connectivity index (χ0) is 17.5. The summed E-state index contributed by atoms with van der Waals surface area (Å²) >= 11 is 5.66. The van der Waals surface area contributed by atoms with E-state index in [0.717, 1.165) is 5.69 Å². The minimum Gasteiger partial charge on any atom is -0.465 e. The molecule has 1 amide bonds. The maximum atomic E-state index is 13.0. The molecule has 7 heteroatoms. The van der Waals surface area contributed by atoms with Gasteiger partial charge < -0.3 is 15.4 Å². The van der Waals surface area contributed by atoms with Crippen LogP contribution in [0.3, 0.4) is 0 Å². The molecule has 2 N–H and O–H groups in total. The number of rotatable bonds is 6. The molecule has 0 fully saturated rings. The largest absolute Gasteiger partial charge is 0.465 e. The molecule has 0 aliphatic rings. The number of carbonyl (C=O) groups excluding carboxylic acids is 2. The third-order valence-corrected chi connectivity index (χ3v) is 3.48. The first kappa shape index (κ1) is 17.7. The highest BCUT2D eigenvalue weighted by atomic mass is 35.5. The van der Waals surface area contributed by atoms with Gasteiger partial charge in [-0.2, -0.15) is 0 Å². The Morgan fingerprint density at radius 3 is 2.42 bits per heavy atom. The molecule has 0 aromatic heterocycles. The van der Waals surface area contributed by atoms with Gasteiger partial charge in [0, 0.05) is 24.3 Å². The Morgan fingerprint density at radius 1 is 1.12 bits per heavy atom. The lowest BCUT2D eigenvalue weighted by Crippen LogP contribution is -2.16. The minimum absolute atomic E-state index is 0.0448. The van der Waals surface area contributed by atoms with E-state index in [-0.39, 0.29) is 17.4 Å². The van der Waals surface area contributed by atoms with E-state index < -0.39 is 11.8 Å². The van der Waals surface area contributed by atoms with E-state index in [1.807, 2.05) is 0 Å². The van der Waals surface area contributed by atoms with Crippen LogP contribution in [0.2, 0.25) is 5.02 Å². The van der Waals surface area contributed by atoms with Crippen molar-refractivity contribution in [2.75, 3.05) is 24.3 Å². The van der Waals surface area contributed by atoms with Gasteiger partial charge in [0.25, 0.3) is 0 Å². The van der Waals surface area contributed by atoms with Crippen molar-refractivity contribution in [1.29, 1.82) is 0 Å². The number of benzene rings is 2. The Balaban J connectivity index is 1.79. The molecule has 2 rings (SSSR count). The number of anilines is 2. The number of nitrogens with one attached hydrogen (secondary N) is 2. The van der Waals surface area contributed by atoms with Gasteiger partial charge in [-0.25, -0.2) is 9.18 Å². The second kappa shape index (κ2) is 8.31. The lowest BCUT2D eigenvalue weighted by Gasteiger charge is -2.08. The van der Waals surface area contributed by atoms with E-state index in [4.69, 9.17) is 11.6 Å². The average Bonchev–Trinajstić information content (AvgIpc) is 2.58. The summed E-state index contributed by atoms with van der Waals surface area (Å²) in [5.41, 5.74) is 1.67. The Kier molecular flexibility index (Phi) is 6.14. The van der Waals surface area contributed by atoms with Crippen LogP contribution >= 0.6 is 11.6 Å². The summed E-state index contributed by atoms with van der Waals surface area (Å²) in [7, 11) is 1.32. The average molecular weight is 351 g/mol. The summed E-state index contributed by atoms with van der Waals surface area (Å²) in [6.45, 7) is 0.401. The monoisotopic (exact) mass is 350 g/mol. The topological polar surface area (TPSA) is 67.4 Å². The third kappa shape index (κ3) is 4.96. The number of ether oxygens (including phenoxy) is 1. The molecule has 126 valence electrons. The molecule has 0 unspecified atom stereocenters. The molecule has 24 heavy (non-hydrogen) atoms. The van der Waals surface area contributed by atoms with Crippen LogP contribution in [0.15, 0.2) is 42.5 Å². The van der Waals surface area contributed by atoms with Gasteiger partial charge in [-0.3, -0.25) is 4.79 Å². The van der Waals surface area contributed by atoms with Gasteiger partial charge in [-0.05, 0) is 42.5 Å². The number of hydrogen-bond acceptors (Lipinski definition) is 4. The number of halogens is 2. The molecule has 0 aliphatic heterocycles. The fourth-order valence-electron chi connectivity index (χ4n) is 1.96. The molecule has 2 aromatic carbocycles. The molecule has 0 bridgehead atoms. The van der Waals surface area contributed by atoms with E-state index in [9.17, 15) is 14.0 Å². The Labute approximate surface area is 143 Å². The first-order valence-corrected chi connectivity index (χ1v) is 7.54. The van der Waals surface area contributed by atoms with Crippen LogP contribution in [0, 0.1) is 5.82 Å². The molecule has 0 spiro atoms. The third-order valence-electron chi connectivity index (χ3n) is 3.19. The van der Waals surface area contributed by atoms with E-state index in [0.29, 0.717) is 17.8 Å². The van der Waals surface area contributed by atoms with E-state index in [1.165, 1.54) is 25.3 Å². The molecular formula is C17H16ClFN2O3. The van der Waals surface area contributed by atoms with Gasteiger partial charge in [-0.15, -0.1) is 0 Å². The second-order valence-electron chi connectivity index (χ2n) is 4.92. The molecule has 0 atom stereocenters. The van der Waals surface area contributed by atoms with Gasteiger partial charge >= 0.3 is 5.97 Å². The number of carbonyl (C=O) groups is 2. The fraction of sp³-hybridized carbons (Fsp3) is 0.176. The van der Waals surface area contributed by atoms with Crippen LogP contribution in [-0.2, 0) is 9.53 Å². The van der Waals surface area contributed by atoms with Crippen LogP contribution in [0.25, 0.3) is 0 Å². The molecule has 2 aromatic rings. The minimum atomic E-state index is -0.535. The lowest BCUT2D eigenvalue weighted by molar-refractivity contribution is -0.115. The predicted octanol–water partition coefficient (Wildman–Crippen LogP) is 3.71. The van der Waals surface area contributed by atoms with Crippen LogP contribution in [0.1, 0.15) is 16.8 Å². The molecule has 0 heterocycles. The molecule has 0 aliphatic carbocycles. The van der Waals surface area contributed by atoms with Crippen LogP contribution in [0.5, 0.6) is 0 Å². The van der Waals surface area contributed by atoms with Crippen molar-refractivity contribution in [3.63, 3.8) is 0 Å². The van der Waals surface area contributed by atoms with Crippen molar-refractivity contribution in [3.05, 3.63) is 58.9 Å². The number of amides is 1. The Morgan fingerprint density at radius 2 is 1.79 bits per heavy atom. The van der Waals surface area contributed by atoms with E-state index >= 15 is 0 Å². The number of esters is 1. The molecule has 0 radical (unpaired) electrons. The smallest absolute Gasteiger partial charge is 0.337 e. The maximum absolute atomic E-state index is 13.0. The van der Waals surface area contributed by atoms with Crippen molar-refractivity contribution >= 4 is 34.9 Å². The first-order valence-electron chi connectivity index (χ1n) is 7.17. The van der Waals surface area contributed by atoms with Crippen LogP contribution in [0.4, 0.5) is 15.8 Å². The summed E-state index contributed by atoms with van der Waals surface area (Å²) in [4.78, 5) is 23.2. The summed E-state index contributed by atoms with van der Waals surface area (Å²) < 4.78 is 17.7. The van der Waals surface area contributed by atoms with Crippen molar-refractivity contribution in [2.45, 2.75) is 6.42 Å². The Bertz CT molecular complexity index is 735. The second-order valence-corrected chi connectivity index (χ2v) is 5.33. The van der Waals surface area contributed by atoms with Crippen molar-refractivity contribution in [3.8, 4) is 0 Å². The summed E-state index contributed by atoms with van der Waals surface area (Å²) in [6.07, 6.45) is 0.216.